The molecule has 3 aliphatic carbocycles. The summed E-state index contributed by atoms with van der Waals surface area (Å²) in [4.78, 5) is 2.50. The van der Waals surface area contributed by atoms with Crippen molar-refractivity contribution in [2.45, 2.75) is 103 Å². The van der Waals surface area contributed by atoms with Crippen LogP contribution in [0.5, 0.6) is 0 Å². The van der Waals surface area contributed by atoms with Crippen LogP contribution >= 0.6 is 0 Å². The van der Waals surface area contributed by atoms with Crippen molar-refractivity contribution in [3.63, 3.8) is 0 Å². The summed E-state index contributed by atoms with van der Waals surface area (Å²) in [5.41, 5.74) is 3.89. The lowest BCUT2D eigenvalue weighted by atomic mass is 9.52. The topological polar surface area (TPSA) is 36.5 Å². The largest absolute Gasteiger partial charge is 0.371 e. The fraction of sp³-hybridized carbons (Fsp3) is 0.931. The van der Waals surface area contributed by atoms with Crippen molar-refractivity contribution >= 4 is 0 Å². The molecule has 5 aliphatic rings. The molecule has 4 nitrogen and oxygen atoms in total. The van der Waals surface area contributed by atoms with Crippen LogP contribution in [0.2, 0.25) is 0 Å². The Morgan fingerprint density at radius 1 is 1.09 bits per heavy atom. The lowest BCUT2D eigenvalue weighted by molar-refractivity contribution is -0.0591. The van der Waals surface area contributed by atoms with Crippen LogP contribution < -0.4 is 10.6 Å². The third kappa shape index (κ3) is 4.15. The van der Waals surface area contributed by atoms with Crippen LogP contribution in [0.4, 0.5) is 0 Å². The maximum atomic E-state index is 6.74. The van der Waals surface area contributed by atoms with Crippen molar-refractivity contribution in [1.29, 1.82) is 0 Å². The summed E-state index contributed by atoms with van der Waals surface area (Å²) in [5.74, 6) is 4.22. The van der Waals surface area contributed by atoms with Crippen molar-refractivity contribution in [3.8, 4) is 0 Å². The van der Waals surface area contributed by atoms with Gasteiger partial charge in [0.05, 0.1) is 18.4 Å². The summed E-state index contributed by atoms with van der Waals surface area (Å²) in [6.45, 7) is 9.39. The monoisotopic (exact) mass is 457 g/mol. The van der Waals surface area contributed by atoms with Gasteiger partial charge in [0, 0.05) is 6.04 Å². The molecular formula is C29H51N3O. The number of piperidine rings is 1. The number of nitrogens with zero attached hydrogens (tertiary/aromatic N) is 1. The molecule has 9 unspecified atom stereocenters. The molecule has 0 aromatic heterocycles. The number of likely N-dealkylation sites (N-methyl/N-ethyl adjacent to an activating group) is 1. The van der Waals surface area contributed by atoms with Gasteiger partial charge >= 0.3 is 0 Å². The minimum Gasteiger partial charge on any atom is -0.371 e. The Balaban J connectivity index is 1.39. The maximum absolute atomic E-state index is 6.74. The fourth-order valence-corrected chi connectivity index (χ4v) is 9.15. The van der Waals surface area contributed by atoms with Crippen LogP contribution in [0.15, 0.2) is 11.1 Å². The molecule has 3 saturated carbocycles. The molecule has 0 aromatic rings. The summed E-state index contributed by atoms with van der Waals surface area (Å²) < 4.78 is 6.74. The van der Waals surface area contributed by atoms with E-state index in [2.05, 4.69) is 57.4 Å². The number of rotatable bonds is 2. The molecule has 0 amide bonds. The predicted octanol–water partition coefficient (Wildman–Crippen LogP) is 5.20. The van der Waals surface area contributed by atoms with Gasteiger partial charge in [-0.3, -0.25) is 5.32 Å². The Morgan fingerprint density at radius 2 is 1.91 bits per heavy atom. The molecule has 1 saturated heterocycles. The van der Waals surface area contributed by atoms with Crippen LogP contribution in [0, 0.1) is 35.0 Å². The van der Waals surface area contributed by atoms with E-state index >= 15 is 0 Å². The van der Waals surface area contributed by atoms with Crippen LogP contribution in [-0.2, 0) is 4.74 Å². The summed E-state index contributed by atoms with van der Waals surface area (Å²) >= 11 is 0. The number of allylic oxidation sites excluding steroid dienone is 1. The van der Waals surface area contributed by atoms with E-state index in [4.69, 9.17) is 4.74 Å². The minimum atomic E-state index is -0.0451. The molecule has 33 heavy (non-hydrogen) atoms. The Hall–Kier alpha value is -0.420. The number of hydrogen-bond donors (Lipinski definition) is 2. The Morgan fingerprint density at radius 3 is 2.67 bits per heavy atom. The zero-order valence-electron chi connectivity index (χ0n) is 22.4. The lowest BCUT2D eigenvalue weighted by Gasteiger charge is -2.55. The molecule has 188 valence electrons. The van der Waals surface area contributed by atoms with Crippen molar-refractivity contribution in [1.82, 2.24) is 15.5 Å². The second-order valence-corrected chi connectivity index (χ2v) is 13.2. The quantitative estimate of drug-likeness (QED) is 0.559. The molecule has 2 N–H and O–H groups in total. The van der Waals surface area contributed by atoms with Gasteiger partial charge in [-0.2, -0.15) is 0 Å². The molecule has 4 fully saturated rings. The fourth-order valence-electron chi connectivity index (χ4n) is 9.15. The van der Waals surface area contributed by atoms with E-state index in [0.29, 0.717) is 11.3 Å². The second-order valence-electron chi connectivity index (χ2n) is 13.2. The zero-order chi connectivity index (χ0) is 23.4. The molecule has 2 aliphatic heterocycles. The minimum absolute atomic E-state index is 0.0451. The van der Waals surface area contributed by atoms with Gasteiger partial charge in [0.15, 0.2) is 0 Å². The Kier molecular flexibility index (Phi) is 6.79. The molecule has 0 radical (unpaired) electrons. The Labute approximate surface area is 203 Å². The Bertz CT molecular complexity index is 749. The molecule has 4 heteroatoms. The van der Waals surface area contributed by atoms with Gasteiger partial charge in [0.2, 0.25) is 0 Å². The first kappa shape index (κ1) is 24.3. The highest BCUT2D eigenvalue weighted by Gasteiger charge is 2.56. The van der Waals surface area contributed by atoms with Crippen LogP contribution in [-0.4, -0.2) is 57.0 Å². The molecule has 2 heterocycles. The average Bonchev–Trinajstić information content (AvgIpc) is 3.18. The van der Waals surface area contributed by atoms with E-state index in [-0.39, 0.29) is 11.8 Å². The predicted molar refractivity (Wildman–Crippen MR) is 137 cm³/mol. The van der Waals surface area contributed by atoms with Crippen LogP contribution in [0.1, 0.15) is 85.0 Å². The highest BCUT2D eigenvalue weighted by Crippen LogP contribution is 2.64. The first-order valence-corrected chi connectivity index (χ1v) is 14.2. The summed E-state index contributed by atoms with van der Waals surface area (Å²) in [6.07, 6.45) is 13.8. The highest BCUT2D eigenvalue weighted by molar-refractivity contribution is 5.26. The lowest BCUT2D eigenvalue weighted by Crippen LogP contribution is -2.67. The molecule has 5 rings (SSSR count). The van der Waals surface area contributed by atoms with Gasteiger partial charge in [0.25, 0.3) is 0 Å². The van der Waals surface area contributed by atoms with Gasteiger partial charge in [-0.25, -0.2) is 0 Å². The molecule has 9 atom stereocenters. The summed E-state index contributed by atoms with van der Waals surface area (Å²) in [7, 11) is 6.72. The zero-order valence-corrected chi connectivity index (χ0v) is 22.4. The van der Waals surface area contributed by atoms with Crippen molar-refractivity contribution in [3.05, 3.63) is 11.1 Å². The number of nitrogens with one attached hydrogen (secondary N) is 2. The van der Waals surface area contributed by atoms with Gasteiger partial charge in [-0.15, -0.1) is 0 Å². The third-order valence-corrected chi connectivity index (χ3v) is 11.4. The van der Waals surface area contributed by atoms with Gasteiger partial charge in [-0.1, -0.05) is 19.4 Å². The first-order chi connectivity index (χ1) is 15.8. The van der Waals surface area contributed by atoms with Gasteiger partial charge in [-0.05, 0) is 139 Å². The van der Waals surface area contributed by atoms with Gasteiger partial charge < -0.3 is 15.0 Å². The molecule has 0 spiro atoms. The molecular weight excluding hydrogens is 406 g/mol. The number of ether oxygens (including phenoxy) is 1. The van der Waals surface area contributed by atoms with Crippen molar-refractivity contribution in [2.24, 2.45) is 35.0 Å². The van der Waals surface area contributed by atoms with E-state index < -0.39 is 0 Å². The second kappa shape index (κ2) is 9.22. The maximum Gasteiger partial charge on any atom is 0.0954 e. The van der Waals surface area contributed by atoms with E-state index in [1.54, 1.807) is 5.57 Å². The molecule has 0 aromatic carbocycles. The summed E-state index contributed by atoms with van der Waals surface area (Å²) in [6, 6.07) is 0.798. The average molecular weight is 458 g/mol. The highest BCUT2D eigenvalue weighted by atomic mass is 16.5. The first-order valence-electron chi connectivity index (χ1n) is 14.2. The standard InChI is InChI=1S/C29H51N3O/c1-19-14-27-29(30-4,31-17-19)12-7-8-23-24-10-9-21-15-22(32(5)6)11-13-28(21,3)26(24)16-25(23)20(2)18-33-27/h19,21-24,26-27,30-31H,7-18H2,1-6H3. The van der Waals surface area contributed by atoms with E-state index in [1.165, 1.54) is 57.8 Å². The summed E-state index contributed by atoms with van der Waals surface area (Å²) in [5, 5.41) is 7.57. The van der Waals surface area contributed by atoms with Gasteiger partial charge in [0.1, 0.15) is 0 Å². The number of fused-ring (bicyclic) bond motifs is 6. The number of hydrogen-bond acceptors (Lipinski definition) is 4. The molecule has 0 bridgehead atoms. The van der Waals surface area contributed by atoms with E-state index in [9.17, 15) is 0 Å². The van der Waals surface area contributed by atoms with Crippen LogP contribution in [0.25, 0.3) is 0 Å². The normalized spacial score (nSPS) is 48.6. The SMILES string of the molecule is CNC12CCCC3C(=C(C)COC1CC(C)CN2)CC1C3CCC2CC(N(C)C)CCC21C. The van der Waals surface area contributed by atoms with Crippen molar-refractivity contribution in [2.75, 3.05) is 34.3 Å². The third-order valence-electron chi connectivity index (χ3n) is 11.4. The van der Waals surface area contributed by atoms with E-state index in [0.717, 1.165) is 49.3 Å². The smallest absolute Gasteiger partial charge is 0.0954 e. The van der Waals surface area contributed by atoms with Crippen molar-refractivity contribution < 1.29 is 4.74 Å². The van der Waals surface area contributed by atoms with Crippen LogP contribution in [0.3, 0.4) is 0 Å². The van der Waals surface area contributed by atoms with E-state index in [1.807, 2.05) is 5.57 Å².